The molecule has 6 nitrogen and oxygen atoms in total. The number of pyridine rings is 2. The van der Waals surface area contributed by atoms with Crippen LogP contribution in [0.25, 0.3) is 10.9 Å². The van der Waals surface area contributed by atoms with E-state index in [0.717, 1.165) is 16.6 Å². The number of amides is 2. The van der Waals surface area contributed by atoms with Crippen molar-refractivity contribution in [3.05, 3.63) is 71.7 Å². The predicted octanol–water partition coefficient (Wildman–Crippen LogP) is 2.01. The molecule has 0 unspecified atom stereocenters. The highest BCUT2D eigenvalue weighted by Crippen LogP contribution is 2.17. The van der Waals surface area contributed by atoms with Crippen LogP contribution in [0.5, 0.6) is 0 Å². The highest BCUT2D eigenvalue weighted by Gasteiger charge is 2.13. The summed E-state index contributed by atoms with van der Waals surface area (Å²) in [6.45, 7) is 1.82. The summed E-state index contributed by atoms with van der Waals surface area (Å²) < 4.78 is 0. The summed E-state index contributed by atoms with van der Waals surface area (Å²) in [5.41, 5.74) is 7.09. The fourth-order valence-corrected chi connectivity index (χ4v) is 2.25. The van der Waals surface area contributed by atoms with Gasteiger partial charge in [-0.2, -0.15) is 0 Å². The molecule has 0 radical (unpaired) electrons. The molecule has 0 saturated carbocycles. The summed E-state index contributed by atoms with van der Waals surface area (Å²) in [4.78, 5) is 32.6. The number of aryl methyl sites for hydroxylation is 1. The third kappa shape index (κ3) is 3.16. The van der Waals surface area contributed by atoms with Crippen molar-refractivity contribution in [3.8, 4) is 0 Å². The largest absolute Gasteiger partial charge is 0.271 e. The molecule has 3 aromatic rings. The fraction of sp³-hybridized carbons (Fsp3) is 0.0588. The van der Waals surface area contributed by atoms with Crippen LogP contribution in [0.15, 0.2) is 54.9 Å². The Bertz CT molecular complexity index is 878. The number of aromatic nitrogens is 2. The molecule has 0 atom stereocenters. The van der Waals surface area contributed by atoms with E-state index < -0.39 is 11.8 Å². The van der Waals surface area contributed by atoms with E-state index >= 15 is 0 Å². The summed E-state index contributed by atoms with van der Waals surface area (Å²) >= 11 is 0. The number of nitrogens with zero attached hydrogens (tertiary/aromatic N) is 2. The minimum Gasteiger partial charge on any atom is -0.267 e. The second-order valence-corrected chi connectivity index (χ2v) is 4.98. The SMILES string of the molecule is Cc1cc(C(=O)NNC(=O)c2cccnc2)c2ccccc2n1. The first kappa shape index (κ1) is 14.6. The number of hydrogen-bond donors (Lipinski definition) is 2. The van der Waals surface area contributed by atoms with Gasteiger partial charge in [-0.3, -0.25) is 30.4 Å². The first-order valence-corrected chi connectivity index (χ1v) is 7.02. The van der Waals surface area contributed by atoms with Crippen LogP contribution in [0.2, 0.25) is 0 Å². The Labute approximate surface area is 132 Å². The number of hydrazine groups is 1. The molecule has 6 heteroatoms. The zero-order chi connectivity index (χ0) is 16.2. The lowest BCUT2D eigenvalue weighted by molar-refractivity contribution is 0.0847. The van der Waals surface area contributed by atoms with Gasteiger partial charge in [0.2, 0.25) is 0 Å². The highest BCUT2D eigenvalue weighted by molar-refractivity contribution is 6.07. The molecular weight excluding hydrogens is 292 g/mol. The number of nitrogens with one attached hydrogen (secondary N) is 2. The van der Waals surface area contributed by atoms with Gasteiger partial charge in [-0.05, 0) is 31.2 Å². The van der Waals surface area contributed by atoms with Crippen molar-refractivity contribution < 1.29 is 9.59 Å². The Kier molecular flexibility index (Phi) is 3.97. The smallest absolute Gasteiger partial charge is 0.267 e. The lowest BCUT2D eigenvalue weighted by Gasteiger charge is -2.10. The van der Waals surface area contributed by atoms with Gasteiger partial charge in [0.15, 0.2) is 0 Å². The summed E-state index contributed by atoms with van der Waals surface area (Å²) in [7, 11) is 0. The molecule has 3 rings (SSSR count). The number of carbonyl (C=O) groups excluding carboxylic acids is 2. The van der Waals surface area contributed by atoms with Gasteiger partial charge >= 0.3 is 0 Å². The summed E-state index contributed by atoms with van der Waals surface area (Å²) in [6.07, 6.45) is 2.99. The van der Waals surface area contributed by atoms with Crippen molar-refractivity contribution in [1.29, 1.82) is 0 Å². The Morgan fingerprint density at radius 2 is 1.78 bits per heavy atom. The number of benzene rings is 1. The van der Waals surface area contributed by atoms with Gasteiger partial charge in [0, 0.05) is 23.5 Å². The van der Waals surface area contributed by atoms with Crippen molar-refractivity contribution in [2.45, 2.75) is 6.92 Å². The Balaban J connectivity index is 1.80. The van der Waals surface area contributed by atoms with Crippen molar-refractivity contribution in [1.82, 2.24) is 20.8 Å². The van der Waals surface area contributed by atoms with Gasteiger partial charge < -0.3 is 0 Å². The Morgan fingerprint density at radius 1 is 1.00 bits per heavy atom. The third-order valence-corrected chi connectivity index (χ3v) is 3.30. The molecule has 2 aromatic heterocycles. The monoisotopic (exact) mass is 306 g/mol. The van der Waals surface area contributed by atoms with E-state index in [1.807, 2.05) is 31.2 Å². The molecule has 0 bridgehead atoms. The standard InChI is InChI=1S/C17H14N4O2/c1-11-9-14(13-6-2-3-7-15(13)19-11)17(23)21-20-16(22)12-5-4-8-18-10-12/h2-10H,1H3,(H,20,22)(H,21,23). The summed E-state index contributed by atoms with van der Waals surface area (Å²) in [6, 6.07) is 12.3. The van der Waals surface area contributed by atoms with E-state index in [1.54, 1.807) is 24.4 Å². The van der Waals surface area contributed by atoms with Crippen molar-refractivity contribution in [2.75, 3.05) is 0 Å². The van der Waals surface area contributed by atoms with Gasteiger partial charge in [0.1, 0.15) is 0 Å². The number of carbonyl (C=O) groups is 2. The van der Waals surface area contributed by atoms with E-state index in [1.165, 1.54) is 6.20 Å². The van der Waals surface area contributed by atoms with Gasteiger partial charge in [-0.1, -0.05) is 18.2 Å². The Morgan fingerprint density at radius 3 is 2.57 bits per heavy atom. The van der Waals surface area contributed by atoms with Crippen LogP contribution in [-0.4, -0.2) is 21.8 Å². The van der Waals surface area contributed by atoms with Gasteiger partial charge in [0.25, 0.3) is 11.8 Å². The van der Waals surface area contributed by atoms with Crippen LogP contribution in [0.1, 0.15) is 26.4 Å². The number of fused-ring (bicyclic) bond motifs is 1. The molecule has 2 amide bonds. The molecule has 23 heavy (non-hydrogen) atoms. The lowest BCUT2D eigenvalue weighted by atomic mass is 10.1. The molecule has 2 heterocycles. The van der Waals surface area contributed by atoms with Crippen molar-refractivity contribution in [3.63, 3.8) is 0 Å². The van der Waals surface area contributed by atoms with Gasteiger partial charge in [-0.25, -0.2) is 0 Å². The van der Waals surface area contributed by atoms with E-state index in [4.69, 9.17) is 0 Å². The van der Waals surface area contributed by atoms with Crippen molar-refractivity contribution >= 4 is 22.7 Å². The second-order valence-electron chi connectivity index (χ2n) is 4.98. The number of rotatable bonds is 2. The van der Waals surface area contributed by atoms with Crippen LogP contribution in [0.4, 0.5) is 0 Å². The average molecular weight is 306 g/mol. The first-order valence-electron chi connectivity index (χ1n) is 7.02. The van der Waals surface area contributed by atoms with Crippen molar-refractivity contribution in [2.24, 2.45) is 0 Å². The molecule has 1 aromatic carbocycles. The molecule has 0 spiro atoms. The van der Waals surface area contributed by atoms with E-state index in [0.29, 0.717) is 11.1 Å². The van der Waals surface area contributed by atoms with Crippen LogP contribution < -0.4 is 10.9 Å². The summed E-state index contributed by atoms with van der Waals surface area (Å²) in [5.74, 6) is -0.828. The van der Waals surface area contributed by atoms with Gasteiger partial charge in [0.05, 0.1) is 16.6 Å². The Hall–Kier alpha value is -3.28. The molecular formula is C17H14N4O2. The van der Waals surface area contributed by atoms with E-state index in [-0.39, 0.29) is 0 Å². The van der Waals surface area contributed by atoms with E-state index in [2.05, 4.69) is 20.8 Å². The maximum atomic E-state index is 12.4. The van der Waals surface area contributed by atoms with Gasteiger partial charge in [-0.15, -0.1) is 0 Å². The number of para-hydroxylation sites is 1. The molecule has 0 fully saturated rings. The van der Waals surface area contributed by atoms with Crippen LogP contribution in [-0.2, 0) is 0 Å². The topological polar surface area (TPSA) is 84.0 Å². The lowest BCUT2D eigenvalue weighted by Crippen LogP contribution is -2.41. The van der Waals surface area contributed by atoms with Crippen LogP contribution >= 0.6 is 0 Å². The molecule has 0 aliphatic carbocycles. The van der Waals surface area contributed by atoms with Crippen LogP contribution in [0.3, 0.4) is 0 Å². The molecule has 2 N–H and O–H groups in total. The summed E-state index contributed by atoms with van der Waals surface area (Å²) in [5, 5.41) is 0.728. The quantitative estimate of drug-likeness (QED) is 0.709. The first-order chi connectivity index (χ1) is 11.1. The minimum absolute atomic E-state index is 0.364. The molecule has 0 aliphatic heterocycles. The average Bonchev–Trinajstić information content (AvgIpc) is 2.59. The highest BCUT2D eigenvalue weighted by atomic mass is 16.2. The fourth-order valence-electron chi connectivity index (χ4n) is 2.25. The maximum Gasteiger partial charge on any atom is 0.271 e. The predicted molar refractivity (Wildman–Crippen MR) is 85.6 cm³/mol. The normalized spacial score (nSPS) is 10.3. The molecule has 0 saturated heterocycles. The zero-order valence-corrected chi connectivity index (χ0v) is 12.4. The minimum atomic E-state index is -0.429. The second kappa shape index (κ2) is 6.23. The third-order valence-electron chi connectivity index (χ3n) is 3.30. The maximum absolute atomic E-state index is 12.4. The zero-order valence-electron chi connectivity index (χ0n) is 12.4. The number of hydrogen-bond acceptors (Lipinski definition) is 4. The molecule has 114 valence electrons. The van der Waals surface area contributed by atoms with Crippen LogP contribution in [0, 0.1) is 6.92 Å². The van der Waals surface area contributed by atoms with E-state index in [9.17, 15) is 9.59 Å². The molecule has 0 aliphatic rings.